The maximum absolute atomic E-state index is 11.7. The van der Waals surface area contributed by atoms with Crippen molar-refractivity contribution in [2.45, 2.75) is 38.5 Å². The van der Waals surface area contributed by atoms with Crippen LogP contribution in [0.3, 0.4) is 0 Å². The first-order valence-corrected chi connectivity index (χ1v) is 6.33. The summed E-state index contributed by atoms with van der Waals surface area (Å²) in [7, 11) is 0. The highest BCUT2D eigenvalue weighted by atomic mass is 16.2. The Balaban J connectivity index is 1.59. The molecule has 2 amide bonds. The van der Waals surface area contributed by atoms with Gasteiger partial charge in [-0.3, -0.25) is 9.59 Å². The summed E-state index contributed by atoms with van der Waals surface area (Å²) in [4.78, 5) is 25.0. The molecule has 0 atom stereocenters. The molecule has 4 heteroatoms. The van der Waals surface area contributed by atoms with E-state index < -0.39 is 0 Å². The first-order chi connectivity index (χ1) is 7.77. The van der Waals surface area contributed by atoms with Crippen molar-refractivity contribution >= 4 is 11.8 Å². The zero-order valence-corrected chi connectivity index (χ0v) is 9.71. The summed E-state index contributed by atoms with van der Waals surface area (Å²) < 4.78 is 0. The van der Waals surface area contributed by atoms with Gasteiger partial charge in [0.05, 0.1) is 0 Å². The van der Waals surface area contributed by atoms with E-state index in [1.807, 2.05) is 4.90 Å². The van der Waals surface area contributed by atoms with Gasteiger partial charge in [-0.1, -0.05) is 6.42 Å². The summed E-state index contributed by atoms with van der Waals surface area (Å²) in [6, 6.07) is 0. The number of hydrogen-bond acceptors (Lipinski definition) is 2. The monoisotopic (exact) mass is 224 g/mol. The minimum absolute atomic E-state index is 0.139. The number of nitrogens with one attached hydrogen (secondary N) is 1. The molecule has 2 rings (SSSR count). The van der Waals surface area contributed by atoms with Gasteiger partial charge < -0.3 is 10.2 Å². The van der Waals surface area contributed by atoms with Crippen molar-refractivity contribution in [3.8, 4) is 0 Å². The van der Waals surface area contributed by atoms with Gasteiger partial charge in [0.1, 0.15) is 0 Å². The van der Waals surface area contributed by atoms with Gasteiger partial charge in [-0.2, -0.15) is 0 Å². The van der Waals surface area contributed by atoms with E-state index in [4.69, 9.17) is 0 Å². The van der Waals surface area contributed by atoms with Gasteiger partial charge in [0.25, 0.3) is 0 Å². The lowest BCUT2D eigenvalue weighted by Crippen LogP contribution is -2.37. The number of nitrogens with zero attached hydrogens (tertiary/aromatic N) is 1. The average Bonchev–Trinajstić information content (AvgIpc) is 2.67. The molecule has 90 valence electrons. The third-order valence-corrected chi connectivity index (χ3v) is 3.57. The van der Waals surface area contributed by atoms with Crippen molar-refractivity contribution < 1.29 is 9.59 Å². The highest BCUT2D eigenvalue weighted by molar-refractivity contribution is 5.81. The molecule has 2 fully saturated rings. The van der Waals surface area contributed by atoms with Crippen LogP contribution in [0, 0.1) is 5.92 Å². The van der Waals surface area contributed by atoms with E-state index in [0.717, 1.165) is 38.8 Å². The quantitative estimate of drug-likeness (QED) is 0.772. The first kappa shape index (κ1) is 11.4. The Bertz CT molecular complexity index is 268. The van der Waals surface area contributed by atoms with Gasteiger partial charge in [-0.15, -0.1) is 0 Å². The topological polar surface area (TPSA) is 49.4 Å². The predicted octanol–water partition coefficient (Wildman–Crippen LogP) is 0.915. The van der Waals surface area contributed by atoms with Crippen molar-refractivity contribution in [1.82, 2.24) is 10.2 Å². The van der Waals surface area contributed by atoms with E-state index in [9.17, 15) is 9.59 Å². The fourth-order valence-electron chi connectivity index (χ4n) is 2.23. The predicted molar refractivity (Wildman–Crippen MR) is 60.8 cm³/mol. The van der Waals surface area contributed by atoms with Crippen molar-refractivity contribution in [2.75, 3.05) is 19.6 Å². The molecule has 1 aliphatic heterocycles. The second-order valence-electron chi connectivity index (χ2n) is 4.76. The lowest BCUT2D eigenvalue weighted by atomic mass is 9.85. The molecule has 0 radical (unpaired) electrons. The number of carbonyl (C=O) groups is 2. The van der Waals surface area contributed by atoms with Gasteiger partial charge in [0.2, 0.25) is 11.8 Å². The summed E-state index contributed by atoms with van der Waals surface area (Å²) in [5.41, 5.74) is 0. The molecular weight excluding hydrogens is 204 g/mol. The van der Waals surface area contributed by atoms with Gasteiger partial charge >= 0.3 is 0 Å². The number of rotatable bonds is 4. The Kier molecular flexibility index (Phi) is 3.80. The van der Waals surface area contributed by atoms with Gasteiger partial charge in [-0.05, 0) is 25.7 Å². The maximum atomic E-state index is 11.7. The average molecular weight is 224 g/mol. The van der Waals surface area contributed by atoms with Crippen LogP contribution >= 0.6 is 0 Å². The van der Waals surface area contributed by atoms with Crippen LogP contribution in [-0.4, -0.2) is 36.3 Å². The molecule has 1 aliphatic carbocycles. The van der Waals surface area contributed by atoms with Crippen LogP contribution in [0.1, 0.15) is 38.5 Å². The second-order valence-corrected chi connectivity index (χ2v) is 4.76. The minimum Gasteiger partial charge on any atom is -0.355 e. The molecule has 1 N–H and O–H groups in total. The van der Waals surface area contributed by atoms with Crippen LogP contribution in [-0.2, 0) is 9.59 Å². The van der Waals surface area contributed by atoms with Crippen LogP contribution in [0.5, 0.6) is 0 Å². The number of hydrogen-bond donors (Lipinski definition) is 1. The summed E-state index contributed by atoms with van der Waals surface area (Å²) in [6.07, 6.45) is 5.92. The van der Waals surface area contributed by atoms with Crippen molar-refractivity contribution in [3.05, 3.63) is 0 Å². The number of amides is 2. The van der Waals surface area contributed by atoms with Crippen molar-refractivity contribution in [3.63, 3.8) is 0 Å². The molecule has 0 aromatic heterocycles. The molecule has 0 bridgehead atoms. The zero-order chi connectivity index (χ0) is 11.4. The lowest BCUT2D eigenvalue weighted by Gasteiger charge is -2.24. The van der Waals surface area contributed by atoms with Gasteiger partial charge in [0.15, 0.2) is 0 Å². The molecule has 2 aliphatic rings. The van der Waals surface area contributed by atoms with E-state index in [-0.39, 0.29) is 17.7 Å². The van der Waals surface area contributed by atoms with Crippen molar-refractivity contribution in [2.24, 2.45) is 5.92 Å². The molecule has 4 nitrogen and oxygen atoms in total. The fourth-order valence-corrected chi connectivity index (χ4v) is 2.23. The minimum atomic E-state index is 0.139. The summed E-state index contributed by atoms with van der Waals surface area (Å²) in [6.45, 7) is 2.30. The Labute approximate surface area is 96.4 Å². The highest BCUT2D eigenvalue weighted by Crippen LogP contribution is 2.26. The number of likely N-dealkylation sites (tertiary alicyclic amines) is 1. The third-order valence-electron chi connectivity index (χ3n) is 3.57. The Hall–Kier alpha value is -1.06. The Morgan fingerprint density at radius 1 is 1.12 bits per heavy atom. The van der Waals surface area contributed by atoms with E-state index in [0.29, 0.717) is 13.0 Å². The molecule has 16 heavy (non-hydrogen) atoms. The lowest BCUT2D eigenvalue weighted by molar-refractivity contribution is -0.130. The van der Waals surface area contributed by atoms with E-state index in [1.165, 1.54) is 6.42 Å². The van der Waals surface area contributed by atoms with Crippen LogP contribution in [0.2, 0.25) is 0 Å². The van der Waals surface area contributed by atoms with Crippen LogP contribution in [0.15, 0.2) is 0 Å². The largest absolute Gasteiger partial charge is 0.355 e. The molecule has 0 aromatic rings. The molecular formula is C12H20N2O2. The fraction of sp³-hybridized carbons (Fsp3) is 0.833. The van der Waals surface area contributed by atoms with E-state index in [1.54, 1.807) is 0 Å². The Morgan fingerprint density at radius 3 is 2.38 bits per heavy atom. The maximum Gasteiger partial charge on any atom is 0.224 e. The summed E-state index contributed by atoms with van der Waals surface area (Å²) in [5, 5.41) is 2.85. The molecule has 1 heterocycles. The van der Waals surface area contributed by atoms with Gasteiger partial charge in [0, 0.05) is 32.0 Å². The van der Waals surface area contributed by atoms with E-state index >= 15 is 0 Å². The van der Waals surface area contributed by atoms with Crippen LogP contribution in [0.4, 0.5) is 0 Å². The molecule has 1 saturated heterocycles. The molecule has 1 saturated carbocycles. The Morgan fingerprint density at radius 2 is 1.81 bits per heavy atom. The highest BCUT2D eigenvalue weighted by Gasteiger charge is 2.25. The van der Waals surface area contributed by atoms with E-state index in [2.05, 4.69) is 5.32 Å². The number of carbonyl (C=O) groups excluding carboxylic acids is 2. The van der Waals surface area contributed by atoms with Gasteiger partial charge in [-0.25, -0.2) is 0 Å². The zero-order valence-electron chi connectivity index (χ0n) is 9.71. The van der Waals surface area contributed by atoms with Crippen LogP contribution < -0.4 is 5.32 Å². The van der Waals surface area contributed by atoms with Crippen molar-refractivity contribution in [1.29, 1.82) is 0 Å². The van der Waals surface area contributed by atoms with Crippen LogP contribution in [0.25, 0.3) is 0 Å². The summed E-state index contributed by atoms with van der Waals surface area (Å²) in [5.74, 6) is 0.550. The first-order valence-electron chi connectivity index (χ1n) is 6.33. The molecule has 0 unspecified atom stereocenters. The molecule has 0 spiro atoms. The SMILES string of the molecule is O=C(NCCC(=O)N1CCCC1)C1CCC1. The second kappa shape index (κ2) is 5.32. The molecule has 0 aromatic carbocycles. The summed E-state index contributed by atoms with van der Waals surface area (Å²) >= 11 is 0. The smallest absolute Gasteiger partial charge is 0.224 e. The normalized spacial score (nSPS) is 20.6. The standard InChI is InChI=1S/C12H20N2O2/c15-11(14-8-1-2-9-14)6-7-13-12(16)10-4-3-5-10/h10H,1-9H2,(H,13,16). The third kappa shape index (κ3) is 2.74.